The number of hydrogen-bond acceptors (Lipinski definition) is 3. The summed E-state index contributed by atoms with van der Waals surface area (Å²) in [5, 5.41) is 2.88. The van der Waals surface area contributed by atoms with Crippen LogP contribution in [0.1, 0.15) is 54.9 Å². The Labute approximate surface area is 139 Å². The number of unbranched alkanes of at least 4 members (excludes halogenated alkanes) is 2. The van der Waals surface area contributed by atoms with Crippen LogP contribution in [0.15, 0.2) is 23.1 Å². The molecular formula is C17H26N2O3S. The molecule has 1 saturated heterocycles. The van der Waals surface area contributed by atoms with Crippen LogP contribution in [0, 0.1) is 6.92 Å². The van der Waals surface area contributed by atoms with E-state index in [1.807, 2.05) is 6.92 Å². The number of carbonyl (C=O) groups excluding carboxylic acids is 1. The van der Waals surface area contributed by atoms with E-state index in [4.69, 9.17) is 0 Å². The van der Waals surface area contributed by atoms with Gasteiger partial charge in [0.2, 0.25) is 10.0 Å². The van der Waals surface area contributed by atoms with Crippen molar-refractivity contribution in [3.63, 3.8) is 0 Å². The number of hydrogen-bond donors (Lipinski definition) is 1. The van der Waals surface area contributed by atoms with Crippen molar-refractivity contribution in [2.45, 2.75) is 50.8 Å². The summed E-state index contributed by atoms with van der Waals surface area (Å²) in [6, 6.07) is 4.82. The topological polar surface area (TPSA) is 66.5 Å². The van der Waals surface area contributed by atoms with Crippen LogP contribution >= 0.6 is 0 Å². The van der Waals surface area contributed by atoms with Crippen LogP contribution in [-0.2, 0) is 10.0 Å². The minimum absolute atomic E-state index is 0.197. The van der Waals surface area contributed by atoms with Gasteiger partial charge in [0.15, 0.2) is 0 Å². The van der Waals surface area contributed by atoms with Crippen molar-refractivity contribution in [2.75, 3.05) is 19.6 Å². The average molecular weight is 338 g/mol. The third-order valence-corrected chi connectivity index (χ3v) is 6.12. The lowest BCUT2D eigenvalue weighted by Gasteiger charge is -2.16. The maximum Gasteiger partial charge on any atom is 0.251 e. The number of aryl methyl sites for hydroxylation is 1. The Hall–Kier alpha value is -1.40. The molecule has 0 aliphatic carbocycles. The standard InChI is InChI=1S/C17H26N2O3S/c1-3-4-5-10-18-17(20)16-13-15(9-8-14(16)2)23(21,22)19-11-6-7-12-19/h8-9,13H,3-7,10-12H2,1-2H3,(H,18,20). The summed E-state index contributed by atoms with van der Waals surface area (Å²) in [5.41, 5.74) is 1.24. The van der Waals surface area contributed by atoms with Crippen molar-refractivity contribution in [3.05, 3.63) is 29.3 Å². The molecule has 0 unspecified atom stereocenters. The molecule has 2 rings (SSSR count). The van der Waals surface area contributed by atoms with Gasteiger partial charge in [-0.3, -0.25) is 4.79 Å². The third-order valence-electron chi connectivity index (χ3n) is 4.22. The largest absolute Gasteiger partial charge is 0.352 e. The fourth-order valence-corrected chi connectivity index (χ4v) is 4.30. The molecule has 128 valence electrons. The van der Waals surface area contributed by atoms with Crippen LogP contribution in [0.25, 0.3) is 0 Å². The predicted molar refractivity (Wildman–Crippen MR) is 91.0 cm³/mol. The van der Waals surface area contributed by atoms with Crippen LogP contribution in [0.3, 0.4) is 0 Å². The molecule has 1 amide bonds. The Balaban J connectivity index is 2.16. The first-order valence-electron chi connectivity index (χ1n) is 8.36. The van der Waals surface area contributed by atoms with Gasteiger partial charge < -0.3 is 5.32 Å². The van der Waals surface area contributed by atoms with Gasteiger partial charge in [-0.15, -0.1) is 0 Å². The smallest absolute Gasteiger partial charge is 0.251 e. The molecule has 0 atom stereocenters. The predicted octanol–water partition coefficient (Wildman–Crippen LogP) is 2.70. The molecule has 1 fully saturated rings. The molecule has 1 aliphatic heterocycles. The quantitative estimate of drug-likeness (QED) is 0.777. The number of rotatable bonds is 7. The molecule has 0 aromatic heterocycles. The van der Waals surface area contributed by atoms with E-state index in [-0.39, 0.29) is 10.8 Å². The number of nitrogens with zero attached hydrogens (tertiary/aromatic N) is 1. The van der Waals surface area contributed by atoms with Crippen molar-refractivity contribution in [2.24, 2.45) is 0 Å². The van der Waals surface area contributed by atoms with E-state index in [0.717, 1.165) is 37.7 Å². The van der Waals surface area contributed by atoms with E-state index in [0.29, 0.717) is 25.2 Å². The lowest BCUT2D eigenvalue weighted by atomic mass is 10.1. The molecule has 0 radical (unpaired) electrons. The van der Waals surface area contributed by atoms with E-state index in [1.165, 1.54) is 10.4 Å². The molecule has 5 nitrogen and oxygen atoms in total. The van der Waals surface area contributed by atoms with Gasteiger partial charge in [-0.1, -0.05) is 25.8 Å². The Morgan fingerprint density at radius 2 is 1.91 bits per heavy atom. The normalized spacial score (nSPS) is 15.7. The average Bonchev–Trinajstić information content (AvgIpc) is 3.07. The highest BCUT2D eigenvalue weighted by molar-refractivity contribution is 7.89. The first-order valence-corrected chi connectivity index (χ1v) is 9.80. The zero-order valence-corrected chi connectivity index (χ0v) is 14.8. The van der Waals surface area contributed by atoms with Gasteiger partial charge >= 0.3 is 0 Å². The summed E-state index contributed by atoms with van der Waals surface area (Å²) < 4.78 is 26.7. The second-order valence-corrected chi connectivity index (χ2v) is 7.99. The van der Waals surface area contributed by atoms with Gasteiger partial charge in [-0.25, -0.2) is 8.42 Å². The van der Waals surface area contributed by atoms with Crippen molar-refractivity contribution in [1.29, 1.82) is 0 Å². The number of benzene rings is 1. The lowest BCUT2D eigenvalue weighted by Crippen LogP contribution is -2.29. The van der Waals surface area contributed by atoms with Crippen molar-refractivity contribution >= 4 is 15.9 Å². The molecule has 0 spiro atoms. The molecule has 1 aliphatic rings. The van der Waals surface area contributed by atoms with E-state index in [2.05, 4.69) is 12.2 Å². The molecule has 1 aromatic carbocycles. The molecule has 1 aromatic rings. The third kappa shape index (κ3) is 4.32. The fraction of sp³-hybridized carbons (Fsp3) is 0.588. The Kier molecular flexibility index (Phi) is 6.18. The Morgan fingerprint density at radius 1 is 1.22 bits per heavy atom. The van der Waals surface area contributed by atoms with Gasteiger partial charge in [0, 0.05) is 25.2 Å². The SMILES string of the molecule is CCCCCNC(=O)c1cc(S(=O)(=O)N2CCCC2)ccc1C. The van der Waals surface area contributed by atoms with Gasteiger partial charge in [0.25, 0.3) is 5.91 Å². The van der Waals surface area contributed by atoms with Gasteiger partial charge in [-0.05, 0) is 43.9 Å². The monoisotopic (exact) mass is 338 g/mol. The molecule has 23 heavy (non-hydrogen) atoms. The van der Waals surface area contributed by atoms with Crippen molar-refractivity contribution in [1.82, 2.24) is 9.62 Å². The van der Waals surface area contributed by atoms with Crippen molar-refractivity contribution in [3.8, 4) is 0 Å². The summed E-state index contributed by atoms with van der Waals surface area (Å²) in [4.78, 5) is 12.5. The van der Waals surface area contributed by atoms with Crippen LogP contribution in [-0.4, -0.2) is 38.3 Å². The zero-order valence-electron chi connectivity index (χ0n) is 14.0. The van der Waals surface area contributed by atoms with Crippen LogP contribution in [0.2, 0.25) is 0 Å². The van der Waals surface area contributed by atoms with Gasteiger partial charge in [0.1, 0.15) is 0 Å². The maximum atomic E-state index is 12.6. The number of sulfonamides is 1. The molecule has 0 saturated carbocycles. The number of amides is 1. The highest BCUT2D eigenvalue weighted by Gasteiger charge is 2.28. The lowest BCUT2D eigenvalue weighted by molar-refractivity contribution is 0.0952. The molecule has 1 heterocycles. The highest BCUT2D eigenvalue weighted by Crippen LogP contribution is 2.23. The van der Waals surface area contributed by atoms with E-state index in [9.17, 15) is 13.2 Å². The second kappa shape index (κ2) is 7.93. The Bertz CT molecular complexity index is 650. The second-order valence-electron chi connectivity index (χ2n) is 6.05. The van der Waals surface area contributed by atoms with Crippen LogP contribution in [0.5, 0.6) is 0 Å². The maximum absolute atomic E-state index is 12.6. The summed E-state index contributed by atoms with van der Waals surface area (Å²) in [5.74, 6) is -0.197. The van der Waals surface area contributed by atoms with Gasteiger partial charge in [-0.2, -0.15) is 4.31 Å². The zero-order chi connectivity index (χ0) is 16.9. The van der Waals surface area contributed by atoms with E-state index >= 15 is 0 Å². The molecule has 1 N–H and O–H groups in total. The molecule has 6 heteroatoms. The molecular weight excluding hydrogens is 312 g/mol. The van der Waals surface area contributed by atoms with Crippen molar-refractivity contribution < 1.29 is 13.2 Å². The van der Waals surface area contributed by atoms with E-state index < -0.39 is 10.0 Å². The number of carbonyl (C=O) groups is 1. The van der Waals surface area contributed by atoms with Gasteiger partial charge in [0.05, 0.1) is 4.90 Å². The highest BCUT2D eigenvalue weighted by atomic mass is 32.2. The van der Waals surface area contributed by atoms with E-state index in [1.54, 1.807) is 12.1 Å². The summed E-state index contributed by atoms with van der Waals surface area (Å²) >= 11 is 0. The first kappa shape index (κ1) is 17.9. The minimum Gasteiger partial charge on any atom is -0.352 e. The number of nitrogens with one attached hydrogen (secondary N) is 1. The summed E-state index contributed by atoms with van der Waals surface area (Å²) in [6.45, 7) is 5.69. The molecule has 0 bridgehead atoms. The summed E-state index contributed by atoms with van der Waals surface area (Å²) in [6.07, 6.45) is 4.90. The Morgan fingerprint density at radius 3 is 2.57 bits per heavy atom. The van der Waals surface area contributed by atoms with Crippen LogP contribution < -0.4 is 5.32 Å². The van der Waals surface area contributed by atoms with Crippen LogP contribution in [0.4, 0.5) is 0 Å². The fourth-order valence-electron chi connectivity index (χ4n) is 2.76. The first-order chi connectivity index (χ1) is 11.0. The minimum atomic E-state index is -3.49. The summed E-state index contributed by atoms with van der Waals surface area (Å²) in [7, 11) is -3.49.